The molecule has 3 nitrogen and oxygen atoms in total. The van der Waals surface area contributed by atoms with Crippen LogP contribution < -0.4 is 0 Å². The minimum absolute atomic E-state index is 0.348. The van der Waals surface area contributed by atoms with Gasteiger partial charge in [0.05, 0.1) is 13.2 Å². The molecule has 1 aromatic rings. The second-order valence-electron chi connectivity index (χ2n) is 3.23. The lowest BCUT2D eigenvalue weighted by Crippen LogP contribution is -2.02. The van der Waals surface area contributed by atoms with E-state index in [0.717, 1.165) is 5.56 Å². The fourth-order valence-electron chi connectivity index (χ4n) is 1.37. The van der Waals surface area contributed by atoms with Crippen LogP contribution in [0.3, 0.4) is 0 Å². The monoisotopic (exact) mass is 388 g/mol. The Morgan fingerprint density at radius 3 is 2.29 bits per heavy atom. The second kappa shape index (κ2) is 7.10. The fourth-order valence-corrected chi connectivity index (χ4v) is 5.00. The quantitative estimate of drug-likeness (QED) is 0.389. The van der Waals surface area contributed by atoms with Crippen LogP contribution in [0, 0.1) is 0 Å². The number of alkyl halides is 1. The zero-order valence-electron chi connectivity index (χ0n) is 9.73. The van der Waals surface area contributed by atoms with Gasteiger partial charge in [0.15, 0.2) is 0 Å². The summed E-state index contributed by atoms with van der Waals surface area (Å²) in [5.41, 5.74) is 0.778. The highest BCUT2D eigenvalue weighted by Crippen LogP contribution is 2.64. The summed E-state index contributed by atoms with van der Waals surface area (Å²) < 4.78 is 22.8. The smallest absolute Gasteiger partial charge is 0.308 e. The molecule has 0 fully saturated rings. The van der Waals surface area contributed by atoms with Crippen molar-refractivity contribution in [2.75, 3.05) is 13.2 Å². The number of hydrogen-bond donors (Lipinski definition) is 0. The predicted molar refractivity (Wildman–Crippen MR) is 79.1 cm³/mol. The van der Waals surface area contributed by atoms with Crippen LogP contribution >= 0.6 is 41.8 Å². The molecule has 0 aliphatic rings. The molecule has 96 valence electrons. The Labute approximate surface area is 121 Å². The molecule has 1 atom stereocenters. The second-order valence-corrected chi connectivity index (χ2v) is 7.98. The van der Waals surface area contributed by atoms with Crippen LogP contribution in [0.4, 0.5) is 0 Å². The van der Waals surface area contributed by atoms with E-state index in [2.05, 4.69) is 22.6 Å². The van der Waals surface area contributed by atoms with Gasteiger partial charge >= 0.3 is 7.60 Å². The molecule has 0 bridgehead atoms. The Morgan fingerprint density at radius 1 is 1.29 bits per heavy atom. The van der Waals surface area contributed by atoms with E-state index in [4.69, 9.17) is 20.6 Å². The van der Waals surface area contributed by atoms with Crippen molar-refractivity contribution in [3.8, 4) is 0 Å². The van der Waals surface area contributed by atoms with Crippen molar-refractivity contribution < 1.29 is 13.6 Å². The summed E-state index contributed by atoms with van der Waals surface area (Å²) in [7, 11) is -3.16. The van der Waals surface area contributed by atoms with E-state index >= 15 is 0 Å². The van der Waals surface area contributed by atoms with E-state index in [9.17, 15) is 4.57 Å². The molecule has 0 heterocycles. The molecule has 0 radical (unpaired) electrons. The van der Waals surface area contributed by atoms with Crippen molar-refractivity contribution in [3.63, 3.8) is 0 Å². The summed E-state index contributed by atoms with van der Waals surface area (Å²) in [5, 5.41) is 0.575. The first kappa shape index (κ1) is 15.4. The minimum atomic E-state index is -3.16. The van der Waals surface area contributed by atoms with Crippen LogP contribution in [0.1, 0.15) is 23.1 Å². The molecule has 17 heavy (non-hydrogen) atoms. The standard InChI is InChI=1S/C11H15ClIO3P/c1-3-15-17(14,16-4-2)11(13)9-7-5-6-8-10(9)12/h5-8,11H,3-4H2,1-2H3. The third-order valence-electron chi connectivity index (χ3n) is 2.06. The molecule has 0 spiro atoms. The molecule has 0 amide bonds. The average molecular weight is 389 g/mol. The first-order chi connectivity index (χ1) is 8.05. The van der Waals surface area contributed by atoms with Crippen molar-refractivity contribution in [1.82, 2.24) is 0 Å². The van der Waals surface area contributed by atoms with Crippen LogP contribution in [0.25, 0.3) is 0 Å². The Kier molecular flexibility index (Phi) is 6.45. The van der Waals surface area contributed by atoms with Crippen molar-refractivity contribution in [2.45, 2.75) is 17.5 Å². The van der Waals surface area contributed by atoms with E-state index in [1.54, 1.807) is 19.9 Å². The molecule has 1 unspecified atom stereocenters. The van der Waals surface area contributed by atoms with E-state index in [1.165, 1.54) is 0 Å². The normalized spacial score (nSPS) is 13.6. The predicted octanol–water partition coefficient (Wildman–Crippen LogP) is 5.04. The molecule has 0 aliphatic carbocycles. The van der Waals surface area contributed by atoms with Crippen LogP contribution in [-0.4, -0.2) is 13.2 Å². The third-order valence-corrected chi connectivity index (χ3v) is 7.19. The largest absolute Gasteiger partial charge is 0.347 e. The maximum atomic E-state index is 12.6. The molecule has 6 heteroatoms. The van der Waals surface area contributed by atoms with Crippen LogP contribution in [0.5, 0.6) is 0 Å². The lowest BCUT2D eigenvalue weighted by Gasteiger charge is -2.22. The van der Waals surface area contributed by atoms with Gasteiger partial charge in [0, 0.05) is 5.02 Å². The lowest BCUT2D eigenvalue weighted by atomic mass is 10.2. The molecule has 0 aliphatic heterocycles. The van der Waals surface area contributed by atoms with Gasteiger partial charge in [0.2, 0.25) is 0 Å². The first-order valence-corrected chi connectivity index (χ1v) is 8.56. The third kappa shape index (κ3) is 3.93. The van der Waals surface area contributed by atoms with Gasteiger partial charge in [-0.1, -0.05) is 52.4 Å². The molecule has 0 saturated carbocycles. The highest BCUT2D eigenvalue weighted by molar-refractivity contribution is 14.1. The van der Waals surface area contributed by atoms with Crippen molar-refractivity contribution in [3.05, 3.63) is 34.9 Å². The van der Waals surface area contributed by atoms with Gasteiger partial charge < -0.3 is 9.05 Å². The topological polar surface area (TPSA) is 35.5 Å². The summed E-state index contributed by atoms with van der Waals surface area (Å²) in [5.74, 6) is 0. The zero-order chi connectivity index (χ0) is 12.9. The van der Waals surface area contributed by atoms with E-state index in [1.807, 2.05) is 18.2 Å². The molecule has 0 aromatic heterocycles. The number of benzene rings is 1. The first-order valence-electron chi connectivity index (χ1n) is 5.32. The molecule has 1 rings (SSSR count). The molecule has 0 saturated heterocycles. The number of halogens is 2. The van der Waals surface area contributed by atoms with Crippen LogP contribution in [-0.2, 0) is 13.6 Å². The van der Waals surface area contributed by atoms with Gasteiger partial charge in [-0.2, -0.15) is 0 Å². The Morgan fingerprint density at radius 2 is 1.82 bits per heavy atom. The molecule has 0 N–H and O–H groups in total. The summed E-state index contributed by atoms with van der Waals surface area (Å²) in [6, 6.07) is 7.30. The Bertz CT molecular complexity index is 403. The van der Waals surface area contributed by atoms with Gasteiger partial charge in [-0.05, 0) is 25.5 Å². The van der Waals surface area contributed by atoms with Crippen LogP contribution in [0.2, 0.25) is 5.02 Å². The summed E-state index contributed by atoms with van der Waals surface area (Å²) in [6.07, 6.45) is 0. The SMILES string of the molecule is CCOP(=O)(OCC)C(I)c1ccccc1Cl. The van der Waals surface area contributed by atoms with E-state index < -0.39 is 11.3 Å². The molecular weight excluding hydrogens is 373 g/mol. The Hall–Kier alpha value is 0.390. The lowest BCUT2D eigenvalue weighted by molar-refractivity contribution is 0.219. The van der Waals surface area contributed by atoms with Crippen molar-refractivity contribution in [2.24, 2.45) is 0 Å². The fraction of sp³-hybridized carbons (Fsp3) is 0.455. The van der Waals surface area contributed by atoms with Gasteiger partial charge in [-0.3, -0.25) is 4.57 Å². The van der Waals surface area contributed by atoms with Crippen LogP contribution in [0.15, 0.2) is 24.3 Å². The van der Waals surface area contributed by atoms with Crippen molar-refractivity contribution in [1.29, 1.82) is 0 Å². The van der Waals surface area contributed by atoms with Crippen molar-refractivity contribution >= 4 is 41.8 Å². The highest BCUT2D eigenvalue weighted by atomic mass is 127. The van der Waals surface area contributed by atoms with Gasteiger partial charge in [-0.15, -0.1) is 0 Å². The van der Waals surface area contributed by atoms with Gasteiger partial charge in [0.1, 0.15) is 3.67 Å². The van der Waals surface area contributed by atoms with Gasteiger partial charge in [-0.25, -0.2) is 0 Å². The Balaban J connectivity index is 3.04. The highest BCUT2D eigenvalue weighted by Gasteiger charge is 2.35. The number of rotatable bonds is 6. The summed E-state index contributed by atoms with van der Waals surface area (Å²) in [6.45, 7) is 4.28. The summed E-state index contributed by atoms with van der Waals surface area (Å²) in [4.78, 5) is 0. The maximum absolute atomic E-state index is 12.6. The maximum Gasteiger partial charge on any atom is 0.347 e. The van der Waals surface area contributed by atoms with E-state index in [0.29, 0.717) is 18.2 Å². The zero-order valence-corrected chi connectivity index (χ0v) is 13.5. The van der Waals surface area contributed by atoms with Gasteiger partial charge in [0.25, 0.3) is 0 Å². The number of hydrogen-bond acceptors (Lipinski definition) is 3. The average Bonchev–Trinajstić information content (AvgIpc) is 2.29. The molecular formula is C11H15ClIO3P. The minimum Gasteiger partial charge on any atom is -0.308 e. The molecule has 1 aromatic carbocycles. The van der Waals surface area contributed by atoms with E-state index in [-0.39, 0.29) is 0 Å². The summed E-state index contributed by atoms with van der Waals surface area (Å²) >= 11 is 8.15.